The summed E-state index contributed by atoms with van der Waals surface area (Å²) in [6, 6.07) is 148. The minimum atomic E-state index is -0.621. The van der Waals surface area contributed by atoms with Crippen molar-refractivity contribution in [3.63, 3.8) is 0 Å². The van der Waals surface area contributed by atoms with E-state index in [4.69, 9.17) is 0 Å². The highest BCUT2D eigenvalue weighted by molar-refractivity contribution is 7.99. The average Bonchev–Trinajstić information content (AvgIpc) is 1.57. The van der Waals surface area contributed by atoms with E-state index in [1.54, 1.807) is 23.5 Å². The van der Waals surface area contributed by atoms with Crippen molar-refractivity contribution in [2.24, 2.45) is 0 Å². The molecule has 18 rings (SSSR count). The van der Waals surface area contributed by atoms with Crippen LogP contribution in [0.25, 0.3) is 67.8 Å². The van der Waals surface area contributed by atoms with Gasteiger partial charge in [-0.2, -0.15) is 0 Å². The topological polar surface area (TPSA) is 6.48 Å². The number of anilines is 6. The first-order valence-corrected chi connectivity index (χ1v) is 37.8. The quantitative estimate of drug-likeness (QED) is 0.0796. The summed E-state index contributed by atoms with van der Waals surface area (Å²) in [4.78, 5) is 9.61. The molecule has 106 heavy (non-hydrogen) atoms. The molecule has 0 heterocycles. The zero-order valence-electron chi connectivity index (χ0n) is 58.4. The molecule has 4 heteroatoms. The molecule has 0 aliphatic heterocycles. The second-order valence-corrected chi connectivity index (χ2v) is 29.5. The van der Waals surface area contributed by atoms with Crippen molar-refractivity contribution >= 4 is 69.8 Å². The fourth-order valence-corrected chi connectivity index (χ4v) is 17.9. The van der Waals surface area contributed by atoms with Crippen molar-refractivity contribution in [2.75, 3.05) is 9.80 Å². The van der Waals surface area contributed by atoms with Crippen LogP contribution < -0.4 is 9.80 Å². The van der Waals surface area contributed by atoms with Crippen LogP contribution in [-0.2, 0) is 10.8 Å². The van der Waals surface area contributed by atoms with Crippen molar-refractivity contribution in [2.45, 2.75) is 30.4 Å². The molecule has 0 saturated heterocycles. The highest BCUT2D eigenvalue weighted by Gasteiger charge is 2.48. The zero-order chi connectivity index (χ0) is 71.0. The van der Waals surface area contributed by atoms with Gasteiger partial charge in [0, 0.05) is 53.7 Å². The molecule has 0 radical (unpaired) electrons. The third-order valence-corrected chi connectivity index (χ3v) is 23.3. The summed E-state index contributed by atoms with van der Waals surface area (Å²) in [5.41, 5.74) is 29.1. The molecule has 0 saturated carbocycles. The lowest BCUT2D eigenvalue weighted by molar-refractivity contribution is 0.767. The monoisotopic (exact) mass is 1390 g/mol. The highest BCUT2D eigenvalue weighted by Crippen LogP contribution is 2.60. The van der Waals surface area contributed by atoms with Crippen LogP contribution in [0, 0.1) is 0 Å². The predicted molar refractivity (Wildman–Crippen MR) is 448 cm³/mol. The van der Waals surface area contributed by atoms with Crippen LogP contribution in [0.3, 0.4) is 0 Å². The van der Waals surface area contributed by atoms with E-state index < -0.39 is 10.8 Å². The minimum absolute atomic E-state index is 0.621. The molecule has 0 N–H and O–H groups in total. The molecule has 0 amide bonds. The van der Waals surface area contributed by atoms with Crippen molar-refractivity contribution in [3.8, 4) is 55.6 Å². The first-order valence-electron chi connectivity index (χ1n) is 36.1. The molecule has 2 atom stereocenters. The summed E-state index contributed by atoms with van der Waals surface area (Å²) in [5, 5.41) is 0. The Kier molecular flexibility index (Phi) is 17.4. The Hall–Kier alpha value is -12.7. The average molecular weight is 1390 g/mol. The van der Waals surface area contributed by atoms with Gasteiger partial charge >= 0.3 is 0 Å². The minimum Gasteiger partial charge on any atom is -0.310 e. The summed E-state index contributed by atoms with van der Waals surface area (Å²) < 4.78 is 0. The van der Waals surface area contributed by atoms with E-state index in [1.165, 1.54) is 109 Å². The fraction of sp³-hybridized carbons (Fsp3) is 0.0196. The van der Waals surface area contributed by atoms with E-state index >= 15 is 0 Å². The maximum absolute atomic E-state index is 3.97. The maximum atomic E-state index is 3.97. The van der Waals surface area contributed by atoms with Crippen LogP contribution in [0.4, 0.5) is 34.1 Å². The molecule has 0 spiro atoms. The Labute approximate surface area is 630 Å². The number of hydrogen-bond acceptors (Lipinski definition) is 4. The summed E-state index contributed by atoms with van der Waals surface area (Å²) >= 11 is 3.56. The van der Waals surface area contributed by atoms with Crippen LogP contribution in [0.2, 0.25) is 0 Å². The lowest BCUT2D eigenvalue weighted by Crippen LogP contribution is -2.28. The second-order valence-electron chi connectivity index (χ2n) is 27.2. The first-order chi connectivity index (χ1) is 52.4. The van der Waals surface area contributed by atoms with Gasteiger partial charge in [-0.25, -0.2) is 0 Å². The van der Waals surface area contributed by atoms with Gasteiger partial charge in [0.15, 0.2) is 0 Å². The molecule has 2 unspecified atom stereocenters. The van der Waals surface area contributed by atoms with Crippen molar-refractivity contribution in [1.82, 2.24) is 0 Å². The summed E-state index contributed by atoms with van der Waals surface area (Å²) in [6.45, 7) is 7.95. The molecule has 16 aromatic rings. The largest absolute Gasteiger partial charge is 0.310 e. The Morgan fingerprint density at radius 3 is 0.764 bits per heavy atom. The van der Waals surface area contributed by atoms with E-state index in [-0.39, 0.29) is 0 Å². The Morgan fingerprint density at radius 2 is 0.453 bits per heavy atom. The van der Waals surface area contributed by atoms with Gasteiger partial charge in [-0.3, -0.25) is 0 Å². The van der Waals surface area contributed by atoms with E-state index in [0.29, 0.717) is 0 Å². The van der Waals surface area contributed by atoms with Gasteiger partial charge in [-0.15, -0.1) is 0 Å². The van der Waals surface area contributed by atoms with Crippen LogP contribution in [0.1, 0.15) is 55.6 Å². The van der Waals surface area contributed by atoms with E-state index in [0.717, 1.165) is 56.4 Å². The molecule has 0 bridgehead atoms. The summed E-state index contributed by atoms with van der Waals surface area (Å²) in [7, 11) is 0. The van der Waals surface area contributed by atoms with E-state index in [1.807, 2.05) is 12.2 Å². The summed E-state index contributed by atoms with van der Waals surface area (Å²) in [6.07, 6.45) is 3.79. The lowest BCUT2D eigenvalue weighted by Gasteiger charge is -2.35. The van der Waals surface area contributed by atoms with Crippen LogP contribution in [-0.4, -0.2) is 0 Å². The SMILES string of the molecule is C=Cc1ccc(Sc2ccc(C3(c4ccccc4)c4ccccc4-c4ccc(N(c5ccc(-c6ccccc6)cc5)c5ccc(-c6ccc(N(c7ccc(-c8ccccc8)cc7)c7ccc8c(c7)C(c7ccccc7)(c7ccc(Sc9ccc(C=C)cc9)cc7)c7ccccc7-8)cc6)cc5)cc43)cc2)cc1. The number of hydrogen-bond donors (Lipinski definition) is 0. The smallest absolute Gasteiger partial charge is 0.0714 e. The third kappa shape index (κ3) is 11.8. The van der Waals surface area contributed by atoms with Crippen LogP contribution in [0.5, 0.6) is 0 Å². The molecule has 2 aliphatic rings. The van der Waals surface area contributed by atoms with Gasteiger partial charge in [-0.1, -0.05) is 328 Å². The molecule has 502 valence electrons. The lowest BCUT2D eigenvalue weighted by atomic mass is 9.67. The maximum Gasteiger partial charge on any atom is 0.0714 e. The fourth-order valence-electron chi connectivity index (χ4n) is 16.3. The molecule has 2 aliphatic carbocycles. The predicted octanol–water partition coefficient (Wildman–Crippen LogP) is 27.9. The van der Waals surface area contributed by atoms with Gasteiger partial charge in [0.05, 0.1) is 10.8 Å². The Balaban J connectivity index is 0.728. The van der Waals surface area contributed by atoms with Crippen molar-refractivity contribution in [1.29, 1.82) is 0 Å². The number of benzene rings is 16. The van der Waals surface area contributed by atoms with Crippen LogP contribution in [0.15, 0.2) is 433 Å². The third-order valence-electron chi connectivity index (χ3n) is 21.3. The van der Waals surface area contributed by atoms with Gasteiger partial charge in [0.1, 0.15) is 0 Å². The second kappa shape index (κ2) is 28.2. The standard InChI is InChI=1S/C102H72N2S2/c1-3-71-33-59-89(60-34-71)105-91-63-45-81(46-64-91)101(79-25-13-7-14-26-79)97-31-19-17-29-93(97)95-67-57-87(69-99(95)101)103(83-49-37-75(38-50-83)73-21-9-5-10-22-73)85-53-41-77(42-54-85)78-43-55-86(56-44-78)104(84-51-39-76(40-52-84)74-23-11-6-12-24-74)88-58-68-96-94-30-18-20-32-98(94)102(100(96)70-88,80-27-15-8-16-28-80)82-47-65-92(66-48-82)106-90-61-35-72(4-2)36-62-90/h3-70H,1-2H2. The molecule has 0 fully saturated rings. The first kappa shape index (κ1) is 65.3. The van der Waals surface area contributed by atoms with E-state index in [9.17, 15) is 0 Å². The van der Waals surface area contributed by atoms with Crippen molar-refractivity contribution < 1.29 is 0 Å². The molecule has 16 aromatic carbocycles. The van der Waals surface area contributed by atoms with Crippen LogP contribution >= 0.6 is 23.5 Å². The normalized spacial score (nSPS) is 14.5. The zero-order valence-corrected chi connectivity index (χ0v) is 60.0. The van der Waals surface area contributed by atoms with Crippen molar-refractivity contribution in [3.05, 3.63) is 469 Å². The van der Waals surface area contributed by atoms with Gasteiger partial charge < -0.3 is 9.80 Å². The number of fused-ring (bicyclic) bond motifs is 6. The molecule has 0 aromatic heterocycles. The number of nitrogens with zero attached hydrogens (tertiary/aromatic N) is 2. The molecular formula is C102H72N2S2. The van der Waals surface area contributed by atoms with Gasteiger partial charge in [0.2, 0.25) is 0 Å². The van der Waals surface area contributed by atoms with E-state index in [2.05, 4.69) is 423 Å². The Bertz CT molecular complexity index is 5480. The Morgan fingerprint density at radius 1 is 0.208 bits per heavy atom. The molecule has 2 nitrogen and oxygen atoms in total. The highest BCUT2D eigenvalue weighted by atomic mass is 32.2. The molecular weight excluding hydrogens is 1320 g/mol. The van der Waals surface area contributed by atoms with Gasteiger partial charge in [-0.05, 0) is 233 Å². The van der Waals surface area contributed by atoms with Gasteiger partial charge in [0.25, 0.3) is 0 Å². The summed E-state index contributed by atoms with van der Waals surface area (Å²) in [5.74, 6) is 0. The number of rotatable bonds is 19.